The number of carbonyl (C=O) groups excluding carboxylic acids is 1. The van der Waals surface area contributed by atoms with E-state index in [4.69, 9.17) is 4.74 Å². The molecule has 6 nitrogen and oxygen atoms in total. The first-order chi connectivity index (χ1) is 11.5. The average molecular weight is 326 g/mol. The highest BCUT2D eigenvalue weighted by Crippen LogP contribution is 2.23. The summed E-state index contributed by atoms with van der Waals surface area (Å²) in [6.07, 6.45) is -1.07. The van der Waals surface area contributed by atoms with Crippen LogP contribution in [0.1, 0.15) is 13.0 Å². The van der Waals surface area contributed by atoms with E-state index in [1.54, 1.807) is 6.07 Å². The number of H-pyrrole nitrogens is 1. The van der Waals surface area contributed by atoms with Crippen molar-refractivity contribution in [3.63, 3.8) is 0 Å². The predicted molar refractivity (Wildman–Crippen MR) is 90.7 cm³/mol. The minimum atomic E-state index is -1.12. The molecule has 2 N–H and O–H groups in total. The molecule has 24 heavy (non-hydrogen) atoms. The Bertz CT molecular complexity index is 925. The van der Waals surface area contributed by atoms with Crippen LogP contribution in [0, 0.1) is 0 Å². The van der Waals surface area contributed by atoms with Crippen LogP contribution in [0.25, 0.3) is 22.0 Å². The highest BCUT2D eigenvalue weighted by molar-refractivity contribution is 5.84. The molecule has 124 valence electrons. The fourth-order valence-corrected chi connectivity index (χ4v) is 2.78. The first-order valence-corrected chi connectivity index (χ1v) is 7.58. The molecule has 0 aliphatic heterocycles. The molecule has 0 saturated carbocycles. The summed E-state index contributed by atoms with van der Waals surface area (Å²) in [5.74, 6) is -0.679. The van der Waals surface area contributed by atoms with Crippen molar-refractivity contribution in [3.8, 4) is 11.1 Å². The average Bonchev–Trinajstić information content (AvgIpc) is 2.91. The molecule has 2 aromatic carbocycles. The van der Waals surface area contributed by atoms with Gasteiger partial charge in [0.1, 0.15) is 0 Å². The van der Waals surface area contributed by atoms with Gasteiger partial charge in [0.25, 0.3) is 5.56 Å². The summed E-state index contributed by atoms with van der Waals surface area (Å²) in [6.45, 7) is 1.44. The van der Waals surface area contributed by atoms with Crippen LogP contribution < -0.4 is 5.56 Å². The first-order valence-electron chi connectivity index (χ1n) is 7.58. The second-order valence-corrected chi connectivity index (χ2v) is 5.62. The standard InChI is InChI=1S/C18H18N2O4/c1-11(21)16(18(23)24-2)20-17(22)14-9-8-13(10-15(14)19-20)12-6-4-3-5-7-12/h3-11,16,19,21H,1-2H3/t11-,16?/m1/s1. The zero-order valence-electron chi connectivity index (χ0n) is 13.4. The molecule has 0 radical (unpaired) electrons. The summed E-state index contributed by atoms with van der Waals surface area (Å²) in [5, 5.41) is 13.2. The minimum absolute atomic E-state index is 0.374. The third-order valence-electron chi connectivity index (χ3n) is 3.99. The van der Waals surface area contributed by atoms with E-state index in [0.717, 1.165) is 15.8 Å². The van der Waals surface area contributed by atoms with Crippen molar-refractivity contribution in [2.24, 2.45) is 0 Å². The lowest BCUT2D eigenvalue weighted by Gasteiger charge is -2.17. The molecule has 0 bridgehead atoms. The Morgan fingerprint density at radius 3 is 2.50 bits per heavy atom. The van der Waals surface area contributed by atoms with Gasteiger partial charge >= 0.3 is 5.97 Å². The summed E-state index contributed by atoms with van der Waals surface area (Å²) < 4.78 is 5.81. The summed E-state index contributed by atoms with van der Waals surface area (Å²) in [4.78, 5) is 24.5. The van der Waals surface area contributed by atoms with E-state index in [1.165, 1.54) is 14.0 Å². The molecular formula is C18H18N2O4. The van der Waals surface area contributed by atoms with Crippen LogP contribution in [-0.2, 0) is 9.53 Å². The monoisotopic (exact) mass is 326 g/mol. The topological polar surface area (TPSA) is 84.3 Å². The Labute approximate surface area is 138 Å². The smallest absolute Gasteiger partial charge is 0.333 e. The highest BCUT2D eigenvalue weighted by atomic mass is 16.5. The van der Waals surface area contributed by atoms with Gasteiger partial charge in [-0.1, -0.05) is 36.4 Å². The van der Waals surface area contributed by atoms with Gasteiger partial charge in [0, 0.05) is 0 Å². The van der Waals surface area contributed by atoms with Gasteiger partial charge in [-0.3, -0.25) is 9.89 Å². The number of aromatic nitrogens is 2. The molecular weight excluding hydrogens is 308 g/mol. The third-order valence-corrected chi connectivity index (χ3v) is 3.99. The lowest BCUT2D eigenvalue weighted by molar-refractivity contribution is -0.148. The van der Waals surface area contributed by atoms with Crippen LogP contribution >= 0.6 is 0 Å². The predicted octanol–water partition coefficient (Wildman–Crippen LogP) is 2.09. The maximum atomic E-state index is 12.6. The van der Waals surface area contributed by atoms with Crippen LogP contribution in [0.15, 0.2) is 53.3 Å². The number of hydrogen-bond donors (Lipinski definition) is 2. The minimum Gasteiger partial charge on any atom is -0.467 e. The molecule has 0 aliphatic rings. The molecule has 6 heteroatoms. The summed E-state index contributed by atoms with van der Waals surface area (Å²) >= 11 is 0. The molecule has 2 atom stereocenters. The molecule has 0 spiro atoms. The van der Waals surface area contributed by atoms with Gasteiger partial charge in [-0.15, -0.1) is 0 Å². The number of esters is 1. The van der Waals surface area contributed by atoms with Crippen molar-refractivity contribution in [1.82, 2.24) is 9.78 Å². The van der Waals surface area contributed by atoms with Crippen LogP contribution in [0.3, 0.4) is 0 Å². The second-order valence-electron chi connectivity index (χ2n) is 5.62. The molecule has 1 unspecified atom stereocenters. The van der Waals surface area contributed by atoms with E-state index in [9.17, 15) is 14.7 Å². The molecule has 0 fully saturated rings. The number of aliphatic hydroxyl groups is 1. The molecule has 3 aromatic rings. The number of methoxy groups -OCH3 is 1. The van der Waals surface area contributed by atoms with Gasteiger partial charge in [-0.2, -0.15) is 0 Å². The zero-order valence-corrected chi connectivity index (χ0v) is 13.4. The highest BCUT2D eigenvalue weighted by Gasteiger charge is 2.29. The Morgan fingerprint density at radius 1 is 1.17 bits per heavy atom. The second kappa shape index (κ2) is 6.33. The van der Waals surface area contributed by atoms with Crippen molar-refractivity contribution >= 4 is 16.9 Å². The van der Waals surface area contributed by atoms with Crippen LogP contribution in [-0.4, -0.2) is 34.1 Å². The number of carbonyl (C=O) groups is 1. The summed E-state index contributed by atoms with van der Waals surface area (Å²) in [6, 6.07) is 14.1. The van der Waals surface area contributed by atoms with Crippen LogP contribution in [0.4, 0.5) is 0 Å². The molecule has 0 amide bonds. The Morgan fingerprint density at radius 2 is 1.88 bits per heavy atom. The van der Waals surface area contributed by atoms with Crippen molar-refractivity contribution < 1.29 is 14.6 Å². The van der Waals surface area contributed by atoms with E-state index in [2.05, 4.69) is 5.10 Å². The van der Waals surface area contributed by atoms with Gasteiger partial charge in [0.2, 0.25) is 0 Å². The molecule has 1 heterocycles. The number of benzene rings is 2. The SMILES string of the molecule is COC(=O)C([C@@H](C)O)n1[nH]c2cc(-c3ccccc3)ccc2c1=O. The quantitative estimate of drug-likeness (QED) is 0.719. The van der Waals surface area contributed by atoms with Gasteiger partial charge in [0.15, 0.2) is 6.04 Å². The van der Waals surface area contributed by atoms with Gasteiger partial charge in [-0.05, 0) is 30.2 Å². The molecule has 0 aliphatic carbocycles. The number of aliphatic hydroxyl groups excluding tert-OH is 1. The number of fused-ring (bicyclic) bond motifs is 1. The Balaban J connectivity index is 2.13. The Kier molecular flexibility index (Phi) is 4.22. The maximum Gasteiger partial charge on any atom is 0.333 e. The van der Waals surface area contributed by atoms with Gasteiger partial charge in [-0.25, -0.2) is 9.48 Å². The van der Waals surface area contributed by atoms with Gasteiger partial charge < -0.3 is 9.84 Å². The lowest BCUT2D eigenvalue weighted by Crippen LogP contribution is -2.36. The zero-order chi connectivity index (χ0) is 17.3. The number of hydrogen-bond acceptors (Lipinski definition) is 4. The van der Waals surface area contributed by atoms with E-state index in [0.29, 0.717) is 10.9 Å². The molecule has 3 rings (SSSR count). The summed E-state index contributed by atoms with van der Waals surface area (Å²) in [5.41, 5.74) is 2.19. The van der Waals surface area contributed by atoms with Crippen molar-refractivity contribution in [2.75, 3.05) is 7.11 Å². The number of nitrogens with zero attached hydrogens (tertiary/aromatic N) is 1. The largest absolute Gasteiger partial charge is 0.467 e. The van der Waals surface area contributed by atoms with Crippen molar-refractivity contribution in [2.45, 2.75) is 19.1 Å². The van der Waals surface area contributed by atoms with Crippen LogP contribution in [0.5, 0.6) is 0 Å². The fraction of sp³-hybridized carbons (Fsp3) is 0.222. The van der Waals surface area contributed by atoms with Crippen molar-refractivity contribution in [1.29, 1.82) is 0 Å². The number of aromatic amines is 1. The van der Waals surface area contributed by atoms with E-state index in [-0.39, 0.29) is 5.56 Å². The number of ether oxygens (including phenoxy) is 1. The van der Waals surface area contributed by atoms with E-state index < -0.39 is 18.1 Å². The van der Waals surface area contributed by atoms with Crippen molar-refractivity contribution in [3.05, 3.63) is 58.9 Å². The Hall–Kier alpha value is -2.86. The van der Waals surface area contributed by atoms with E-state index in [1.807, 2.05) is 42.5 Å². The number of rotatable bonds is 4. The third kappa shape index (κ3) is 2.72. The van der Waals surface area contributed by atoms with E-state index >= 15 is 0 Å². The maximum absolute atomic E-state index is 12.6. The lowest BCUT2D eigenvalue weighted by atomic mass is 10.0. The molecule has 1 aromatic heterocycles. The molecule has 0 saturated heterocycles. The fourth-order valence-electron chi connectivity index (χ4n) is 2.78. The van der Waals surface area contributed by atoms with Gasteiger partial charge in [0.05, 0.1) is 24.1 Å². The first kappa shape index (κ1) is 16.0. The van der Waals surface area contributed by atoms with Crippen LogP contribution in [0.2, 0.25) is 0 Å². The normalized spacial score (nSPS) is 13.6. The number of nitrogens with one attached hydrogen (secondary N) is 1. The summed E-state index contributed by atoms with van der Waals surface area (Å²) in [7, 11) is 1.22.